The van der Waals surface area contributed by atoms with E-state index in [4.69, 9.17) is 11.6 Å². The summed E-state index contributed by atoms with van der Waals surface area (Å²) in [5, 5.41) is 2.57. The van der Waals surface area contributed by atoms with Gasteiger partial charge in [0.25, 0.3) is 0 Å². The Bertz CT molecular complexity index is 287. The summed E-state index contributed by atoms with van der Waals surface area (Å²) in [4.78, 5) is 4.24. The van der Waals surface area contributed by atoms with E-state index in [1.54, 1.807) is 6.20 Å². The lowest BCUT2D eigenvalue weighted by Crippen LogP contribution is -1.90. The standard InChI is InChI=1S/C8H8ClNS/c1-5-2-6-3-7(9)4-10-8(6)11-5/h3-5H,2H2,1H3. The molecular weight excluding hydrogens is 178 g/mol. The summed E-state index contributed by atoms with van der Waals surface area (Å²) in [6.45, 7) is 2.21. The summed E-state index contributed by atoms with van der Waals surface area (Å²) in [5.74, 6) is 0. The molecule has 0 radical (unpaired) electrons. The molecule has 0 spiro atoms. The van der Waals surface area contributed by atoms with Gasteiger partial charge >= 0.3 is 0 Å². The van der Waals surface area contributed by atoms with Gasteiger partial charge in [0.15, 0.2) is 0 Å². The zero-order valence-corrected chi connectivity index (χ0v) is 7.75. The lowest BCUT2D eigenvalue weighted by Gasteiger charge is -1.94. The number of aromatic nitrogens is 1. The molecule has 0 amide bonds. The quantitative estimate of drug-likeness (QED) is 0.617. The minimum absolute atomic E-state index is 0.663. The molecule has 0 bridgehead atoms. The maximum Gasteiger partial charge on any atom is 0.0996 e. The maximum atomic E-state index is 5.80. The number of thioether (sulfide) groups is 1. The minimum atomic E-state index is 0.663. The summed E-state index contributed by atoms with van der Waals surface area (Å²) in [5.41, 5.74) is 1.30. The Morgan fingerprint density at radius 3 is 3.36 bits per heavy atom. The molecule has 1 nitrogen and oxygen atoms in total. The molecule has 1 aromatic heterocycles. The molecule has 58 valence electrons. The summed E-state index contributed by atoms with van der Waals surface area (Å²) in [7, 11) is 0. The SMILES string of the molecule is CC1Cc2cc(Cl)cnc2S1. The summed E-state index contributed by atoms with van der Waals surface area (Å²) < 4.78 is 0. The van der Waals surface area contributed by atoms with E-state index in [9.17, 15) is 0 Å². The number of hydrogen-bond donors (Lipinski definition) is 0. The van der Waals surface area contributed by atoms with Crippen molar-refractivity contribution in [3.05, 3.63) is 22.8 Å². The van der Waals surface area contributed by atoms with Crippen molar-refractivity contribution in [1.82, 2.24) is 4.98 Å². The molecule has 0 aliphatic carbocycles. The van der Waals surface area contributed by atoms with Gasteiger partial charge in [0.1, 0.15) is 0 Å². The van der Waals surface area contributed by atoms with Crippen LogP contribution < -0.4 is 0 Å². The van der Waals surface area contributed by atoms with Crippen molar-refractivity contribution in [3.8, 4) is 0 Å². The zero-order chi connectivity index (χ0) is 7.84. The molecule has 2 heterocycles. The molecule has 0 saturated carbocycles. The van der Waals surface area contributed by atoms with Gasteiger partial charge in [-0.05, 0) is 18.1 Å². The van der Waals surface area contributed by atoms with Crippen LogP contribution in [0.5, 0.6) is 0 Å². The van der Waals surface area contributed by atoms with Crippen LogP contribution >= 0.6 is 23.4 Å². The second kappa shape index (κ2) is 2.68. The molecule has 0 N–H and O–H groups in total. The van der Waals surface area contributed by atoms with Crippen LogP contribution in [0, 0.1) is 0 Å². The first-order valence-corrected chi connectivity index (χ1v) is 4.82. The predicted molar refractivity (Wildman–Crippen MR) is 48.3 cm³/mol. The number of fused-ring (bicyclic) bond motifs is 1. The van der Waals surface area contributed by atoms with Gasteiger partial charge in [-0.25, -0.2) is 4.98 Å². The fraction of sp³-hybridized carbons (Fsp3) is 0.375. The Kier molecular flexibility index (Phi) is 1.81. The van der Waals surface area contributed by atoms with Crippen LogP contribution in [0.1, 0.15) is 12.5 Å². The smallest absolute Gasteiger partial charge is 0.0996 e. The lowest BCUT2D eigenvalue weighted by atomic mass is 10.2. The molecule has 1 aromatic rings. The molecule has 1 unspecified atom stereocenters. The molecule has 1 aliphatic heterocycles. The van der Waals surface area contributed by atoms with Gasteiger partial charge in [-0.2, -0.15) is 0 Å². The van der Waals surface area contributed by atoms with E-state index in [1.165, 1.54) is 5.56 Å². The fourth-order valence-electron chi connectivity index (χ4n) is 1.26. The average molecular weight is 186 g/mol. The number of pyridine rings is 1. The minimum Gasteiger partial charge on any atom is -0.248 e. The van der Waals surface area contributed by atoms with Gasteiger partial charge < -0.3 is 0 Å². The van der Waals surface area contributed by atoms with E-state index in [2.05, 4.69) is 11.9 Å². The van der Waals surface area contributed by atoms with Crippen LogP contribution in [0.2, 0.25) is 5.02 Å². The van der Waals surface area contributed by atoms with Crippen molar-refractivity contribution < 1.29 is 0 Å². The monoisotopic (exact) mass is 185 g/mol. The molecular formula is C8H8ClNS. The maximum absolute atomic E-state index is 5.80. The summed E-state index contributed by atoms with van der Waals surface area (Å²) >= 11 is 7.63. The van der Waals surface area contributed by atoms with Crippen molar-refractivity contribution in [2.75, 3.05) is 0 Å². The first kappa shape index (κ1) is 7.44. The lowest BCUT2D eigenvalue weighted by molar-refractivity contribution is 0.943. The van der Waals surface area contributed by atoms with Crippen molar-refractivity contribution in [3.63, 3.8) is 0 Å². The van der Waals surface area contributed by atoms with Crippen LogP contribution in [-0.4, -0.2) is 10.2 Å². The van der Waals surface area contributed by atoms with Crippen LogP contribution in [-0.2, 0) is 6.42 Å². The van der Waals surface area contributed by atoms with Crippen molar-refractivity contribution in [2.45, 2.75) is 23.6 Å². The van der Waals surface area contributed by atoms with E-state index in [1.807, 2.05) is 17.8 Å². The molecule has 0 fully saturated rings. The normalized spacial score (nSPS) is 21.8. The molecule has 2 rings (SSSR count). The molecule has 1 aliphatic rings. The van der Waals surface area contributed by atoms with Crippen molar-refractivity contribution in [2.24, 2.45) is 0 Å². The van der Waals surface area contributed by atoms with Crippen LogP contribution in [0.4, 0.5) is 0 Å². The fourth-order valence-corrected chi connectivity index (χ4v) is 2.49. The summed E-state index contributed by atoms with van der Waals surface area (Å²) in [6.07, 6.45) is 2.82. The van der Waals surface area contributed by atoms with Gasteiger partial charge in [0.2, 0.25) is 0 Å². The Morgan fingerprint density at radius 2 is 2.55 bits per heavy atom. The van der Waals surface area contributed by atoms with E-state index in [0.29, 0.717) is 5.25 Å². The number of hydrogen-bond acceptors (Lipinski definition) is 2. The average Bonchev–Trinajstić information content (AvgIpc) is 2.27. The second-order valence-electron chi connectivity index (χ2n) is 2.75. The third-order valence-electron chi connectivity index (χ3n) is 1.71. The first-order valence-electron chi connectivity index (χ1n) is 3.57. The highest BCUT2D eigenvalue weighted by atomic mass is 35.5. The van der Waals surface area contributed by atoms with Crippen molar-refractivity contribution in [1.29, 1.82) is 0 Å². The topological polar surface area (TPSA) is 12.9 Å². The number of rotatable bonds is 0. The van der Waals surface area contributed by atoms with Gasteiger partial charge in [0.05, 0.1) is 10.0 Å². The predicted octanol–water partition coefficient (Wildman–Crippen LogP) is 2.77. The Labute approximate surface area is 75.2 Å². The Morgan fingerprint density at radius 1 is 1.73 bits per heavy atom. The van der Waals surface area contributed by atoms with Crippen LogP contribution in [0.25, 0.3) is 0 Å². The second-order valence-corrected chi connectivity index (χ2v) is 4.61. The van der Waals surface area contributed by atoms with E-state index >= 15 is 0 Å². The van der Waals surface area contributed by atoms with Gasteiger partial charge in [-0.15, -0.1) is 11.8 Å². The zero-order valence-electron chi connectivity index (χ0n) is 6.17. The van der Waals surface area contributed by atoms with Gasteiger partial charge in [-0.3, -0.25) is 0 Å². The number of halogens is 1. The van der Waals surface area contributed by atoms with Gasteiger partial charge in [-0.1, -0.05) is 18.5 Å². The molecule has 3 heteroatoms. The molecule has 0 aromatic carbocycles. The third kappa shape index (κ3) is 1.37. The van der Waals surface area contributed by atoms with E-state index in [-0.39, 0.29) is 0 Å². The van der Waals surface area contributed by atoms with E-state index in [0.717, 1.165) is 16.5 Å². The Balaban J connectivity index is 2.43. The highest BCUT2D eigenvalue weighted by Crippen LogP contribution is 2.35. The first-order chi connectivity index (χ1) is 5.25. The molecule has 0 saturated heterocycles. The Hall–Kier alpha value is -0.210. The largest absolute Gasteiger partial charge is 0.248 e. The highest BCUT2D eigenvalue weighted by molar-refractivity contribution is 8.00. The molecule has 1 atom stereocenters. The van der Waals surface area contributed by atoms with E-state index < -0.39 is 0 Å². The van der Waals surface area contributed by atoms with Crippen LogP contribution in [0.15, 0.2) is 17.3 Å². The van der Waals surface area contributed by atoms with Crippen LogP contribution in [0.3, 0.4) is 0 Å². The third-order valence-corrected chi connectivity index (χ3v) is 3.08. The van der Waals surface area contributed by atoms with Gasteiger partial charge in [0, 0.05) is 11.4 Å². The molecule has 11 heavy (non-hydrogen) atoms. The number of nitrogens with zero attached hydrogens (tertiary/aromatic N) is 1. The summed E-state index contributed by atoms with van der Waals surface area (Å²) in [6, 6.07) is 2.01. The highest BCUT2D eigenvalue weighted by Gasteiger charge is 2.19. The van der Waals surface area contributed by atoms with Crippen molar-refractivity contribution >= 4 is 23.4 Å².